The minimum atomic E-state index is -0.174. The zero-order chi connectivity index (χ0) is 14.5. The SMILES string of the molecule is N=C1NC(=O)CN1CCCCCCN1CC(=O)N=C1N. The molecule has 2 rings (SSSR count). The highest BCUT2D eigenvalue weighted by Crippen LogP contribution is 2.07. The van der Waals surface area contributed by atoms with Crippen LogP contribution >= 0.6 is 0 Å². The lowest BCUT2D eigenvalue weighted by atomic mass is 10.2. The average molecular weight is 280 g/mol. The molecular formula is C12H20N6O2. The molecule has 20 heavy (non-hydrogen) atoms. The van der Waals surface area contributed by atoms with Gasteiger partial charge in [-0.2, -0.15) is 4.99 Å². The lowest BCUT2D eigenvalue weighted by molar-refractivity contribution is -0.118. The molecule has 2 heterocycles. The van der Waals surface area contributed by atoms with Crippen LogP contribution in [-0.2, 0) is 9.59 Å². The van der Waals surface area contributed by atoms with Crippen LogP contribution in [0.2, 0.25) is 0 Å². The maximum atomic E-state index is 11.1. The van der Waals surface area contributed by atoms with Gasteiger partial charge in [0.2, 0.25) is 5.91 Å². The zero-order valence-corrected chi connectivity index (χ0v) is 11.4. The quantitative estimate of drug-likeness (QED) is 0.521. The number of carbonyl (C=O) groups excluding carboxylic acids is 2. The number of nitrogens with two attached hydrogens (primary N) is 1. The van der Waals surface area contributed by atoms with Crippen molar-refractivity contribution in [3.8, 4) is 0 Å². The predicted molar refractivity (Wildman–Crippen MR) is 74.1 cm³/mol. The maximum absolute atomic E-state index is 11.1. The van der Waals surface area contributed by atoms with Crippen LogP contribution in [0.3, 0.4) is 0 Å². The van der Waals surface area contributed by atoms with Gasteiger partial charge < -0.3 is 15.5 Å². The Labute approximate surface area is 117 Å². The molecule has 0 aromatic rings. The fraction of sp³-hybridized carbons (Fsp3) is 0.667. The van der Waals surface area contributed by atoms with Crippen LogP contribution < -0.4 is 11.1 Å². The van der Waals surface area contributed by atoms with E-state index in [2.05, 4.69) is 10.3 Å². The lowest BCUT2D eigenvalue weighted by Crippen LogP contribution is -2.34. The second-order valence-electron chi connectivity index (χ2n) is 5.02. The average Bonchev–Trinajstić information content (AvgIpc) is 2.86. The Morgan fingerprint density at radius 1 is 1.10 bits per heavy atom. The number of nitrogens with zero attached hydrogens (tertiary/aromatic N) is 3. The number of nitrogens with one attached hydrogen (secondary N) is 2. The van der Waals surface area contributed by atoms with Gasteiger partial charge in [-0.15, -0.1) is 0 Å². The number of carbonyl (C=O) groups is 2. The molecule has 1 saturated heterocycles. The van der Waals surface area contributed by atoms with Crippen molar-refractivity contribution >= 4 is 23.7 Å². The Morgan fingerprint density at radius 3 is 2.25 bits per heavy atom. The Balaban J connectivity index is 1.52. The topological polar surface area (TPSA) is 115 Å². The van der Waals surface area contributed by atoms with E-state index in [-0.39, 0.29) is 17.8 Å². The van der Waals surface area contributed by atoms with Crippen molar-refractivity contribution in [3.05, 3.63) is 0 Å². The molecular weight excluding hydrogens is 260 g/mol. The Bertz CT molecular complexity index is 441. The highest BCUT2D eigenvalue weighted by atomic mass is 16.2. The normalized spacial score (nSPS) is 18.8. The van der Waals surface area contributed by atoms with Crippen molar-refractivity contribution in [2.45, 2.75) is 25.7 Å². The van der Waals surface area contributed by atoms with Crippen molar-refractivity contribution in [1.29, 1.82) is 5.41 Å². The molecule has 2 aliphatic rings. The van der Waals surface area contributed by atoms with Gasteiger partial charge in [0.05, 0.1) is 0 Å². The number of unbranched alkanes of at least 4 members (excludes halogenated alkanes) is 3. The number of rotatable bonds is 7. The standard InChI is InChI=1S/C12H20N6O2/c13-11-15-9(19)7-17(11)5-3-1-2-4-6-18-8-10(20)16-12(18)14/h1-8H2,(H2,13,15,19)(H2,14,16,20). The van der Waals surface area contributed by atoms with Gasteiger partial charge in [0, 0.05) is 13.1 Å². The Kier molecular flexibility index (Phi) is 4.54. The molecule has 0 aromatic heterocycles. The minimum Gasteiger partial charge on any atom is -0.369 e. The predicted octanol–water partition coefficient (Wildman–Crippen LogP) is -0.930. The maximum Gasteiger partial charge on any atom is 0.268 e. The van der Waals surface area contributed by atoms with Crippen LogP contribution in [0.4, 0.5) is 0 Å². The fourth-order valence-corrected chi connectivity index (χ4v) is 2.32. The van der Waals surface area contributed by atoms with E-state index in [0.29, 0.717) is 19.0 Å². The van der Waals surface area contributed by atoms with Crippen molar-refractivity contribution < 1.29 is 9.59 Å². The molecule has 2 amide bonds. The second kappa shape index (κ2) is 6.36. The van der Waals surface area contributed by atoms with Gasteiger partial charge in [-0.25, -0.2) is 0 Å². The van der Waals surface area contributed by atoms with E-state index in [1.165, 1.54) is 0 Å². The fourth-order valence-electron chi connectivity index (χ4n) is 2.32. The summed E-state index contributed by atoms with van der Waals surface area (Å²) in [6.45, 7) is 2.07. The van der Waals surface area contributed by atoms with Crippen molar-refractivity contribution in [2.24, 2.45) is 10.7 Å². The molecule has 0 unspecified atom stereocenters. The summed E-state index contributed by atoms with van der Waals surface area (Å²) in [5, 5.41) is 10.0. The molecule has 8 heteroatoms. The van der Waals surface area contributed by atoms with E-state index in [0.717, 1.165) is 38.8 Å². The Hall–Kier alpha value is -2.12. The summed E-state index contributed by atoms with van der Waals surface area (Å²) in [4.78, 5) is 29.3. The molecule has 4 N–H and O–H groups in total. The third-order valence-corrected chi connectivity index (χ3v) is 3.40. The molecule has 110 valence electrons. The first-order valence-corrected chi connectivity index (χ1v) is 6.81. The van der Waals surface area contributed by atoms with Crippen LogP contribution in [-0.4, -0.2) is 59.7 Å². The van der Waals surface area contributed by atoms with Crippen molar-refractivity contribution in [1.82, 2.24) is 15.1 Å². The molecule has 8 nitrogen and oxygen atoms in total. The van der Waals surface area contributed by atoms with Crippen LogP contribution in [0.5, 0.6) is 0 Å². The van der Waals surface area contributed by atoms with Crippen LogP contribution in [0.25, 0.3) is 0 Å². The highest BCUT2D eigenvalue weighted by molar-refractivity contribution is 6.02. The monoisotopic (exact) mass is 280 g/mol. The smallest absolute Gasteiger partial charge is 0.268 e. The largest absolute Gasteiger partial charge is 0.369 e. The molecule has 0 spiro atoms. The number of hydrogen-bond donors (Lipinski definition) is 3. The number of guanidine groups is 2. The van der Waals surface area contributed by atoms with Crippen LogP contribution in [0.15, 0.2) is 4.99 Å². The minimum absolute atomic E-state index is 0.108. The van der Waals surface area contributed by atoms with Crippen molar-refractivity contribution in [2.75, 3.05) is 26.2 Å². The number of amides is 2. The van der Waals surface area contributed by atoms with E-state index < -0.39 is 0 Å². The first kappa shape index (κ1) is 14.3. The second-order valence-corrected chi connectivity index (χ2v) is 5.02. The molecule has 0 aromatic carbocycles. The summed E-state index contributed by atoms with van der Waals surface area (Å²) in [6.07, 6.45) is 3.95. The summed E-state index contributed by atoms with van der Waals surface area (Å²) in [6, 6.07) is 0. The summed E-state index contributed by atoms with van der Waals surface area (Å²) in [5.41, 5.74) is 5.61. The molecule has 2 aliphatic heterocycles. The highest BCUT2D eigenvalue weighted by Gasteiger charge is 2.22. The van der Waals surface area contributed by atoms with E-state index >= 15 is 0 Å². The van der Waals surface area contributed by atoms with Crippen LogP contribution in [0, 0.1) is 5.41 Å². The number of aliphatic imine (C=N–C) groups is 1. The Morgan fingerprint density at radius 2 is 1.75 bits per heavy atom. The molecule has 0 saturated carbocycles. The summed E-state index contributed by atoms with van der Waals surface area (Å²) >= 11 is 0. The molecule has 0 bridgehead atoms. The molecule has 0 aliphatic carbocycles. The van der Waals surface area contributed by atoms with Gasteiger partial charge in [-0.3, -0.25) is 20.3 Å². The van der Waals surface area contributed by atoms with Crippen molar-refractivity contribution in [3.63, 3.8) is 0 Å². The first-order chi connectivity index (χ1) is 9.56. The van der Waals surface area contributed by atoms with Gasteiger partial charge in [0.1, 0.15) is 13.1 Å². The van der Waals surface area contributed by atoms with E-state index in [4.69, 9.17) is 11.1 Å². The molecule has 0 atom stereocenters. The first-order valence-electron chi connectivity index (χ1n) is 6.81. The van der Waals surface area contributed by atoms with E-state index in [1.807, 2.05) is 0 Å². The molecule has 0 radical (unpaired) electrons. The van der Waals surface area contributed by atoms with Gasteiger partial charge in [-0.1, -0.05) is 12.8 Å². The van der Waals surface area contributed by atoms with Crippen LogP contribution in [0.1, 0.15) is 25.7 Å². The van der Waals surface area contributed by atoms with Gasteiger partial charge >= 0.3 is 0 Å². The van der Waals surface area contributed by atoms with Gasteiger partial charge in [0.25, 0.3) is 5.91 Å². The third kappa shape index (κ3) is 3.69. The summed E-state index contributed by atoms with van der Waals surface area (Å²) < 4.78 is 0. The number of hydrogen-bond acceptors (Lipinski definition) is 5. The summed E-state index contributed by atoms with van der Waals surface area (Å²) in [7, 11) is 0. The zero-order valence-electron chi connectivity index (χ0n) is 11.4. The van der Waals surface area contributed by atoms with Gasteiger partial charge in [-0.05, 0) is 12.8 Å². The molecule has 1 fully saturated rings. The summed E-state index contributed by atoms with van der Waals surface area (Å²) in [5.74, 6) is 0.246. The van der Waals surface area contributed by atoms with Gasteiger partial charge in [0.15, 0.2) is 11.9 Å². The van der Waals surface area contributed by atoms with E-state index in [9.17, 15) is 9.59 Å². The lowest BCUT2D eigenvalue weighted by Gasteiger charge is -2.17. The van der Waals surface area contributed by atoms with E-state index in [1.54, 1.807) is 9.80 Å². The third-order valence-electron chi connectivity index (χ3n) is 3.40.